The number of carbonyl (C=O) groups is 1. The molecule has 1 aromatic rings. The SMILES string of the molecule is CCNC(=NCc1ccc(C(N)=O)cc1)NCCCOCC1CCCO1.I. The van der Waals surface area contributed by atoms with Crippen LogP contribution in [0.1, 0.15) is 42.1 Å². The van der Waals surface area contributed by atoms with Crippen LogP contribution in [0.25, 0.3) is 0 Å². The number of nitrogens with one attached hydrogen (secondary N) is 2. The average molecular weight is 490 g/mol. The van der Waals surface area contributed by atoms with Crippen LogP contribution in [0.2, 0.25) is 0 Å². The minimum atomic E-state index is -0.420. The first-order valence-corrected chi connectivity index (χ1v) is 9.29. The lowest BCUT2D eigenvalue weighted by Crippen LogP contribution is -2.38. The largest absolute Gasteiger partial charge is 0.379 e. The highest BCUT2D eigenvalue weighted by atomic mass is 127. The predicted octanol–water partition coefficient (Wildman–Crippen LogP) is 2.04. The number of primary amides is 1. The zero-order valence-corrected chi connectivity index (χ0v) is 18.2. The maximum atomic E-state index is 11.1. The Morgan fingerprint density at radius 3 is 2.74 bits per heavy atom. The normalized spacial score (nSPS) is 16.6. The highest BCUT2D eigenvalue weighted by Gasteiger charge is 2.14. The van der Waals surface area contributed by atoms with Gasteiger partial charge in [0.25, 0.3) is 0 Å². The fraction of sp³-hybridized carbons (Fsp3) is 0.579. The van der Waals surface area contributed by atoms with Crippen molar-refractivity contribution >= 4 is 35.8 Å². The number of rotatable bonds is 10. The summed E-state index contributed by atoms with van der Waals surface area (Å²) in [6, 6.07) is 7.18. The Hall–Kier alpha value is -1.39. The summed E-state index contributed by atoms with van der Waals surface area (Å²) in [6.07, 6.45) is 3.44. The second-order valence-electron chi connectivity index (χ2n) is 6.25. The fourth-order valence-electron chi connectivity index (χ4n) is 2.66. The van der Waals surface area contributed by atoms with Gasteiger partial charge in [0.1, 0.15) is 0 Å². The van der Waals surface area contributed by atoms with Crippen molar-refractivity contribution in [2.45, 2.75) is 38.8 Å². The van der Waals surface area contributed by atoms with Crippen molar-refractivity contribution in [1.82, 2.24) is 10.6 Å². The summed E-state index contributed by atoms with van der Waals surface area (Å²) in [7, 11) is 0. The van der Waals surface area contributed by atoms with Crippen molar-refractivity contribution in [3.8, 4) is 0 Å². The number of nitrogens with two attached hydrogens (primary N) is 1. The summed E-state index contributed by atoms with van der Waals surface area (Å²) in [5, 5.41) is 6.52. The number of nitrogens with zero attached hydrogens (tertiary/aromatic N) is 1. The molecule has 0 spiro atoms. The molecule has 1 aliphatic heterocycles. The van der Waals surface area contributed by atoms with E-state index >= 15 is 0 Å². The lowest BCUT2D eigenvalue weighted by Gasteiger charge is -2.12. The van der Waals surface area contributed by atoms with Crippen molar-refractivity contribution in [2.75, 3.05) is 32.9 Å². The van der Waals surface area contributed by atoms with E-state index < -0.39 is 5.91 Å². The molecule has 1 saturated heterocycles. The van der Waals surface area contributed by atoms with Gasteiger partial charge in [-0.25, -0.2) is 4.99 Å². The van der Waals surface area contributed by atoms with Gasteiger partial charge in [-0.3, -0.25) is 4.79 Å². The van der Waals surface area contributed by atoms with E-state index in [1.165, 1.54) is 0 Å². The maximum Gasteiger partial charge on any atom is 0.248 e. The van der Waals surface area contributed by atoms with Crippen LogP contribution in [0, 0.1) is 0 Å². The smallest absolute Gasteiger partial charge is 0.248 e. The van der Waals surface area contributed by atoms with Crippen LogP contribution in [0.4, 0.5) is 0 Å². The maximum absolute atomic E-state index is 11.1. The predicted molar refractivity (Wildman–Crippen MR) is 118 cm³/mol. The number of aliphatic imine (C=N–C) groups is 1. The van der Waals surface area contributed by atoms with Crippen LogP contribution < -0.4 is 16.4 Å². The van der Waals surface area contributed by atoms with Crippen molar-refractivity contribution in [1.29, 1.82) is 0 Å². The Morgan fingerprint density at radius 2 is 2.11 bits per heavy atom. The van der Waals surface area contributed by atoms with Crippen LogP contribution in [-0.2, 0) is 16.0 Å². The number of ether oxygens (including phenoxy) is 2. The zero-order valence-electron chi connectivity index (χ0n) is 15.9. The van der Waals surface area contributed by atoms with E-state index in [0.29, 0.717) is 25.3 Å². The van der Waals surface area contributed by atoms with E-state index in [9.17, 15) is 4.79 Å². The topological polar surface area (TPSA) is 98.0 Å². The van der Waals surface area contributed by atoms with Crippen molar-refractivity contribution in [3.63, 3.8) is 0 Å². The van der Waals surface area contributed by atoms with Gasteiger partial charge in [-0.15, -0.1) is 24.0 Å². The molecule has 1 aromatic carbocycles. The van der Waals surface area contributed by atoms with Crippen LogP contribution in [0.3, 0.4) is 0 Å². The fourth-order valence-corrected chi connectivity index (χ4v) is 2.66. The minimum absolute atomic E-state index is 0. The minimum Gasteiger partial charge on any atom is -0.379 e. The monoisotopic (exact) mass is 490 g/mol. The van der Waals surface area contributed by atoms with Crippen molar-refractivity contribution in [3.05, 3.63) is 35.4 Å². The van der Waals surface area contributed by atoms with E-state index in [-0.39, 0.29) is 30.1 Å². The van der Waals surface area contributed by atoms with Crippen molar-refractivity contribution in [2.24, 2.45) is 10.7 Å². The molecule has 7 nitrogen and oxygen atoms in total. The first-order valence-electron chi connectivity index (χ1n) is 9.29. The lowest BCUT2D eigenvalue weighted by atomic mass is 10.1. The number of halogens is 1. The number of hydrogen-bond donors (Lipinski definition) is 3. The van der Waals surface area contributed by atoms with E-state index in [4.69, 9.17) is 15.2 Å². The Balaban J connectivity index is 0.00000364. The highest BCUT2D eigenvalue weighted by Crippen LogP contribution is 2.11. The molecule has 1 unspecified atom stereocenters. The Kier molecular flexibility index (Phi) is 12.0. The summed E-state index contributed by atoms with van der Waals surface area (Å²) in [4.78, 5) is 15.6. The number of guanidine groups is 1. The molecule has 4 N–H and O–H groups in total. The van der Waals surface area contributed by atoms with Crippen LogP contribution >= 0.6 is 24.0 Å². The third-order valence-corrected chi connectivity index (χ3v) is 4.09. The summed E-state index contributed by atoms with van der Waals surface area (Å²) in [5.41, 5.74) is 6.77. The number of carbonyl (C=O) groups excluding carboxylic acids is 1. The Morgan fingerprint density at radius 1 is 1.33 bits per heavy atom. The van der Waals surface area contributed by atoms with Crippen molar-refractivity contribution < 1.29 is 14.3 Å². The molecule has 152 valence electrons. The molecule has 1 amide bonds. The molecule has 2 rings (SSSR count). The highest BCUT2D eigenvalue weighted by molar-refractivity contribution is 14.0. The molecule has 1 fully saturated rings. The molecular weight excluding hydrogens is 459 g/mol. The molecule has 1 aliphatic rings. The van der Waals surface area contributed by atoms with E-state index in [1.807, 2.05) is 19.1 Å². The molecule has 1 heterocycles. The van der Waals surface area contributed by atoms with Gasteiger partial charge in [-0.2, -0.15) is 0 Å². The molecular formula is C19H31IN4O3. The Bertz CT molecular complexity index is 575. The van der Waals surface area contributed by atoms with Gasteiger partial charge >= 0.3 is 0 Å². The second-order valence-corrected chi connectivity index (χ2v) is 6.25. The van der Waals surface area contributed by atoms with Crippen LogP contribution in [0.15, 0.2) is 29.3 Å². The van der Waals surface area contributed by atoms with E-state index in [1.54, 1.807) is 12.1 Å². The molecule has 0 radical (unpaired) electrons. The summed E-state index contributed by atoms with van der Waals surface area (Å²) in [6.45, 7) is 6.41. The number of amides is 1. The molecule has 8 heteroatoms. The van der Waals surface area contributed by atoms with Gasteiger partial charge in [0.2, 0.25) is 5.91 Å². The molecule has 1 atom stereocenters. The quantitative estimate of drug-likeness (QED) is 0.202. The van der Waals surface area contributed by atoms with E-state index in [0.717, 1.165) is 50.5 Å². The third kappa shape index (κ3) is 9.39. The van der Waals surface area contributed by atoms with Gasteiger partial charge in [0, 0.05) is 31.9 Å². The lowest BCUT2D eigenvalue weighted by molar-refractivity contribution is 0.0168. The molecule has 0 aliphatic carbocycles. The first-order chi connectivity index (χ1) is 12.7. The summed E-state index contributed by atoms with van der Waals surface area (Å²) >= 11 is 0. The number of benzene rings is 1. The molecule has 0 saturated carbocycles. The zero-order chi connectivity index (χ0) is 18.6. The second kappa shape index (κ2) is 13.7. The van der Waals surface area contributed by atoms with Gasteiger partial charge in [-0.05, 0) is 43.9 Å². The van der Waals surface area contributed by atoms with Gasteiger partial charge in [-0.1, -0.05) is 12.1 Å². The van der Waals surface area contributed by atoms with Crippen LogP contribution in [0.5, 0.6) is 0 Å². The number of hydrogen-bond acceptors (Lipinski definition) is 4. The molecule has 0 aromatic heterocycles. The summed E-state index contributed by atoms with van der Waals surface area (Å²) < 4.78 is 11.2. The summed E-state index contributed by atoms with van der Waals surface area (Å²) in [5.74, 6) is 0.349. The third-order valence-electron chi connectivity index (χ3n) is 4.09. The average Bonchev–Trinajstić information content (AvgIpc) is 3.16. The molecule has 0 bridgehead atoms. The van der Waals surface area contributed by atoms with Gasteiger partial charge in [0.05, 0.1) is 19.3 Å². The van der Waals surface area contributed by atoms with Gasteiger partial charge < -0.3 is 25.8 Å². The molecule has 27 heavy (non-hydrogen) atoms. The van der Waals surface area contributed by atoms with Gasteiger partial charge in [0.15, 0.2) is 5.96 Å². The van der Waals surface area contributed by atoms with E-state index in [2.05, 4.69) is 15.6 Å². The van der Waals surface area contributed by atoms with Crippen LogP contribution in [-0.4, -0.2) is 50.9 Å². The standard InChI is InChI=1S/C19H30N4O3.HI/c1-2-21-19(22-10-4-11-25-14-17-5-3-12-26-17)23-13-15-6-8-16(9-7-15)18(20)24;/h6-9,17H,2-5,10-14H2,1H3,(H2,20,24)(H2,21,22,23);1H. The Labute approximate surface area is 178 Å². The first kappa shape index (κ1) is 23.6.